The summed E-state index contributed by atoms with van der Waals surface area (Å²) < 4.78 is 0. The lowest BCUT2D eigenvalue weighted by Crippen LogP contribution is -2.42. The molecule has 1 fully saturated rings. The van der Waals surface area contributed by atoms with E-state index in [2.05, 4.69) is 15.6 Å². The Labute approximate surface area is 106 Å². The highest BCUT2D eigenvalue weighted by Gasteiger charge is 2.16. The minimum Gasteiger partial charge on any atom is -0.356 e. The number of carbonyl (C=O) groups is 1. The van der Waals surface area contributed by atoms with Crippen molar-refractivity contribution >= 4 is 29.9 Å². The maximum absolute atomic E-state index is 11.7. The number of rotatable bonds is 2. The molecule has 1 amide bonds. The molecule has 6 heteroatoms. The second-order valence-electron chi connectivity index (χ2n) is 3.73. The third kappa shape index (κ3) is 3.40. The highest BCUT2D eigenvalue weighted by molar-refractivity contribution is 6.30. The fourth-order valence-corrected chi connectivity index (χ4v) is 1.89. The van der Waals surface area contributed by atoms with Gasteiger partial charge in [0.05, 0.1) is 5.02 Å². The third-order valence-electron chi connectivity index (χ3n) is 2.57. The second-order valence-corrected chi connectivity index (χ2v) is 4.17. The summed E-state index contributed by atoms with van der Waals surface area (Å²) in [5.41, 5.74) is 0.526. The first-order valence-electron chi connectivity index (χ1n) is 5.11. The molecule has 0 aliphatic carbocycles. The average Bonchev–Trinajstić information content (AvgIpc) is 2.66. The van der Waals surface area contributed by atoms with Crippen molar-refractivity contribution < 1.29 is 4.79 Å². The molecular weight excluding hydrogens is 249 g/mol. The van der Waals surface area contributed by atoms with E-state index >= 15 is 0 Å². The Balaban J connectivity index is 0.00000128. The van der Waals surface area contributed by atoms with E-state index in [1.807, 2.05) is 0 Å². The van der Waals surface area contributed by atoms with Crippen LogP contribution in [0, 0.1) is 0 Å². The van der Waals surface area contributed by atoms with E-state index in [0.29, 0.717) is 10.7 Å². The number of aromatic amines is 1. The van der Waals surface area contributed by atoms with E-state index in [9.17, 15) is 4.79 Å². The van der Waals surface area contributed by atoms with Crippen LogP contribution < -0.4 is 10.6 Å². The van der Waals surface area contributed by atoms with Crippen LogP contribution in [0.4, 0.5) is 0 Å². The molecule has 1 aliphatic heterocycles. The van der Waals surface area contributed by atoms with Crippen LogP contribution in [0.5, 0.6) is 0 Å². The number of nitrogens with one attached hydrogen (secondary N) is 3. The van der Waals surface area contributed by atoms with E-state index in [-0.39, 0.29) is 24.4 Å². The van der Waals surface area contributed by atoms with Gasteiger partial charge in [-0.25, -0.2) is 0 Å². The maximum atomic E-state index is 11.7. The molecular formula is C10H15Cl2N3O. The molecule has 1 aromatic heterocycles. The van der Waals surface area contributed by atoms with Crippen LogP contribution in [-0.4, -0.2) is 30.0 Å². The van der Waals surface area contributed by atoms with Crippen molar-refractivity contribution in [1.29, 1.82) is 0 Å². The third-order valence-corrected chi connectivity index (χ3v) is 2.78. The minimum absolute atomic E-state index is 0. The zero-order valence-electron chi connectivity index (χ0n) is 8.75. The first kappa shape index (κ1) is 13.4. The Morgan fingerprint density at radius 3 is 2.69 bits per heavy atom. The Bertz CT molecular complexity index is 348. The predicted octanol–water partition coefficient (Wildman–Crippen LogP) is 1.57. The summed E-state index contributed by atoms with van der Waals surface area (Å²) in [5.74, 6) is -0.0752. The monoisotopic (exact) mass is 263 g/mol. The molecule has 0 radical (unpaired) electrons. The maximum Gasteiger partial charge on any atom is 0.267 e. The van der Waals surface area contributed by atoms with Gasteiger partial charge >= 0.3 is 0 Å². The SMILES string of the molecule is Cl.O=C(NC1CCNCC1)c1cc(Cl)c[nH]1. The molecule has 16 heavy (non-hydrogen) atoms. The van der Waals surface area contributed by atoms with Gasteiger partial charge in [0.2, 0.25) is 0 Å². The van der Waals surface area contributed by atoms with E-state index in [1.165, 1.54) is 0 Å². The molecule has 90 valence electrons. The molecule has 0 unspecified atom stereocenters. The van der Waals surface area contributed by atoms with Crippen LogP contribution in [0.15, 0.2) is 12.3 Å². The first-order valence-corrected chi connectivity index (χ1v) is 5.49. The summed E-state index contributed by atoms with van der Waals surface area (Å²) in [5, 5.41) is 6.79. The Morgan fingerprint density at radius 2 is 2.12 bits per heavy atom. The van der Waals surface area contributed by atoms with Crippen molar-refractivity contribution in [3.05, 3.63) is 23.0 Å². The Hall–Kier alpha value is -0.710. The summed E-state index contributed by atoms with van der Waals surface area (Å²) >= 11 is 5.73. The molecule has 2 rings (SSSR count). The first-order chi connectivity index (χ1) is 7.25. The van der Waals surface area contributed by atoms with Gasteiger partial charge in [-0.05, 0) is 32.0 Å². The average molecular weight is 264 g/mol. The highest BCUT2D eigenvalue weighted by atomic mass is 35.5. The van der Waals surface area contributed by atoms with Gasteiger partial charge in [-0.1, -0.05) is 11.6 Å². The number of halogens is 2. The predicted molar refractivity (Wildman–Crippen MR) is 66.4 cm³/mol. The Kier molecular flexibility index (Phi) is 5.12. The molecule has 0 spiro atoms. The lowest BCUT2D eigenvalue weighted by Gasteiger charge is -2.23. The van der Waals surface area contributed by atoms with Crippen LogP contribution in [0.3, 0.4) is 0 Å². The van der Waals surface area contributed by atoms with Crippen LogP contribution in [0.1, 0.15) is 23.3 Å². The molecule has 2 heterocycles. The minimum atomic E-state index is -0.0752. The van der Waals surface area contributed by atoms with Gasteiger partial charge < -0.3 is 15.6 Å². The normalized spacial score (nSPS) is 16.6. The molecule has 1 saturated heterocycles. The molecule has 0 atom stereocenters. The lowest BCUT2D eigenvalue weighted by atomic mass is 10.1. The van der Waals surface area contributed by atoms with E-state index in [4.69, 9.17) is 11.6 Å². The van der Waals surface area contributed by atoms with E-state index < -0.39 is 0 Å². The van der Waals surface area contributed by atoms with E-state index in [1.54, 1.807) is 12.3 Å². The standard InChI is InChI=1S/C10H14ClN3O.ClH/c11-7-5-9(13-6-7)10(15)14-8-1-3-12-4-2-8;/h5-6,8,12-13H,1-4H2,(H,14,15);1H. The summed E-state index contributed by atoms with van der Waals surface area (Å²) in [6, 6.07) is 1.92. The summed E-state index contributed by atoms with van der Waals surface area (Å²) in [6.07, 6.45) is 3.58. The van der Waals surface area contributed by atoms with Crippen molar-refractivity contribution in [2.75, 3.05) is 13.1 Å². The number of amides is 1. The summed E-state index contributed by atoms with van der Waals surface area (Å²) in [6.45, 7) is 1.94. The molecule has 0 bridgehead atoms. The number of hydrogen-bond acceptors (Lipinski definition) is 2. The van der Waals surface area contributed by atoms with Crippen molar-refractivity contribution in [3.8, 4) is 0 Å². The zero-order valence-corrected chi connectivity index (χ0v) is 10.3. The number of H-pyrrole nitrogens is 1. The number of piperidine rings is 1. The van der Waals surface area contributed by atoms with Crippen molar-refractivity contribution in [1.82, 2.24) is 15.6 Å². The van der Waals surface area contributed by atoms with Gasteiger partial charge in [-0.2, -0.15) is 0 Å². The highest BCUT2D eigenvalue weighted by Crippen LogP contribution is 2.10. The molecule has 0 aromatic carbocycles. The fraction of sp³-hybridized carbons (Fsp3) is 0.500. The van der Waals surface area contributed by atoms with Crippen LogP contribution in [0.2, 0.25) is 5.02 Å². The number of hydrogen-bond donors (Lipinski definition) is 3. The topological polar surface area (TPSA) is 56.9 Å². The largest absolute Gasteiger partial charge is 0.356 e. The van der Waals surface area contributed by atoms with Crippen LogP contribution in [0.25, 0.3) is 0 Å². The van der Waals surface area contributed by atoms with Crippen molar-refractivity contribution in [2.24, 2.45) is 0 Å². The van der Waals surface area contributed by atoms with Crippen molar-refractivity contribution in [2.45, 2.75) is 18.9 Å². The molecule has 3 N–H and O–H groups in total. The zero-order chi connectivity index (χ0) is 10.7. The molecule has 1 aliphatic rings. The van der Waals surface area contributed by atoms with Gasteiger partial charge in [0, 0.05) is 12.2 Å². The van der Waals surface area contributed by atoms with Crippen LogP contribution in [-0.2, 0) is 0 Å². The molecule has 0 saturated carbocycles. The smallest absolute Gasteiger partial charge is 0.267 e. The summed E-state index contributed by atoms with van der Waals surface area (Å²) in [7, 11) is 0. The fourth-order valence-electron chi connectivity index (χ4n) is 1.73. The second kappa shape index (κ2) is 6.13. The van der Waals surface area contributed by atoms with Crippen LogP contribution >= 0.6 is 24.0 Å². The van der Waals surface area contributed by atoms with Gasteiger partial charge in [0.25, 0.3) is 5.91 Å². The van der Waals surface area contributed by atoms with E-state index in [0.717, 1.165) is 25.9 Å². The lowest BCUT2D eigenvalue weighted by molar-refractivity contribution is 0.0925. The summed E-state index contributed by atoms with van der Waals surface area (Å²) in [4.78, 5) is 14.5. The van der Waals surface area contributed by atoms with Crippen molar-refractivity contribution in [3.63, 3.8) is 0 Å². The van der Waals surface area contributed by atoms with Gasteiger partial charge in [-0.15, -0.1) is 12.4 Å². The van der Waals surface area contributed by atoms with Gasteiger partial charge in [0.1, 0.15) is 5.69 Å². The number of carbonyl (C=O) groups excluding carboxylic acids is 1. The van der Waals surface area contributed by atoms with Gasteiger partial charge in [0.15, 0.2) is 0 Å². The van der Waals surface area contributed by atoms with Gasteiger partial charge in [-0.3, -0.25) is 4.79 Å². The quantitative estimate of drug-likeness (QED) is 0.759. The Morgan fingerprint density at radius 1 is 1.44 bits per heavy atom. The molecule has 1 aromatic rings. The number of aromatic nitrogens is 1. The molecule has 4 nitrogen and oxygen atoms in total.